The lowest BCUT2D eigenvalue weighted by atomic mass is 10.2. The van der Waals surface area contributed by atoms with E-state index in [0.717, 1.165) is 51.8 Å². The van der Waals surface area contributed by atoms with E-state index in [1.54, 1.807) is 0 Å². The van der Waals surface area contributed by atoms with Gasteiger partial charge in [-0.25, -0.2) is 8.78 Å². The Hall–Kier alpha value is -1.04. The van der Waals surface area contributed by atoms with E-state index < -0.39 is 0 Å². The summed E-state index contributed by atoms with van der Waals surface area (Å²) in [5, 5.41) is 3.17. The maximum Gasteiger partial charge on any atom is 0.127 e. The molecule has 1 aromatic carbocycles. The highest BCUT2D eigenvalue weighted by Crippen LogP contribution is 2.09. The van der Waals surface area contributed by atoms with Crippen molar-refractivity contribution in [1.82, 2.24) is 15.1 Å². The summed E-state index contributed by atoms with van der Waals surface area (Å²) >= 11 is 0. The van der Waals surface area contributed by atoms with Crippen LogP contribution in [0, 0.1) is 11.6 Å². The van der Waals surface area contributed by atoms with Gasteiger partial charge in [0.1, 0.15) is 11.6 Å². The first kappa shape index (κ1) is 15.4. The standard InChI is InChI=1S/C15H23F2N3/c1-19-7-9-20(10-8-19)6-2-5-18-12-13-11-14(16)3-4-15(13)17/h3-4,11,18H,2,5-10,12H2,1H3. The third-order valence-electron chi connectivity index (χ3n) is 3.75. The number of nitrogens with zero attached hydrogens (tertiary/aromatic N) is 2. The summed E-state index contributed by atoms with van der Waals surface area (Å²) < 4.78 is 26.4. The van der Waals surface area contributed by atoms with Crippen LogP contribution in [-0.2, 0) is 6.54 Å². The zero-order valence-corrected chi connectivity index (χ0v) is 12.0. The van der Waals surface area contributed by atoms with Gasteiger partial charge >= 0.3 is 0 Å². The molecule has 0 atom stereocenters. The second-order valence-corrected chi connectivity index (χ2v) is 5.41. The van der Waals surface area contributed by atoms with Crippen molar-refractivity contribution in [2.45, 2.75) is 13.0 Å². The Labute approximate surface area is 119 Å². The molecule has 1 fully saturated rings. The first-order valence-corrected chi connectivity index (χ1v) is 7.21. The van der Waals surface area contributed by atoms with Crippen molar-refractivity contribution < 1.29 is 8.78 Å². The number of rotatable bonds is 6. The molecule has 0 saturated carbocycles. The Morgan fingerprint density at radius 1 is 1.15 bits per heavy atom. The van der Waals surface area contributed by atoms with E-state index in [1.165, 1.54) is 12.1 Å². The van der Waals surface area contributed by atoms with Gasteiger partial charge in [-0.15, -0.1) is 0 Å². The SMILES string of the molecule is CN1CCN(CCCNCc2cc(F)ccc2F)CC1. The fraction of sp³-hybridized carbons (Fsp3) is 0.600. The Morgan fingerprint density at radius 2 is 1.90 bits per heavy atom. The fourth-order valence-corrected chi connectivity index (χ4v) is 2.40. The van der Waals surface area contributed by atoms with E-state index in [4.69, 9.17) is 0 Å². The molecule has 2 rings (SSSR count). The minimum Gasteiger partial charge on any atom is -0.313 e. The zero-order valence-electron chi connectivity index (χ0n) is 12.0. The molecule has 1 aromatic rings. The lowest BCUT2D eigenvalue weighted by Gasteiger charge is -2.32. The topological polar surface area (TPSA) is 18.5 Å². The van der Waals surface area contributed by atoms with Crippen LogP contribution in [0.1, 0.15) is 12.0 Å². The molecule has 1 aliphatic heterocycles. The van der Waals surface area contributed by atoms with Crippen molar-refractivity contribution in [3.8, 4) is 0 Å². The van der Waals surface area contributed by atoms with Crippen molar-refractivity contribution in [2.24, 2.45) is 0 Å². The molecule has 0 bridgehead atoms. The summed E-state index contributed by atoms with van der Waals surface area (Å²) in [7, 11) is 2.15. The van der Waals surface area contributed by atoms with Gasteiger partial charge in [-0.1, -0.05) is 0 Å². The van der Waals surface area contributed by atoms with Crippen molar-refractivity contribution in [3.05, 3.63) is 35.4 Å². The molecule has 0 spiro atoms. The van der Waals surface area contributed by atoms with Gasteiger partial charge in [0, 0.05) is 38.3 Å². The first-order chi connectivity index (χ1) is 9.65. The molecule has 20 heavy (non-hydrogen) atoms. The molecule has 1 heterocycles. The van der Waals surface area contributed by atoms with Crippen molar-refractivity contribution in [3.63, 3.8) is 0 Å². The van der Waals surface area contributed by atoms with Crippen molar-refractivity contribution in [1.29, 1.82) is 0 Å². The second-order valence-electron chi connectivity index (χ2n) is 5.41. The maximum atomic E-state index is 13.4. The van der Waals surface area contributed by atoms with Crippen LogP contribution in [-0.4, -0.2) is 56.1 Å². The molecular formula is C15H23F2N3. The lowest BCUT2D eigenvalue weighted by molar-refractivity contribution is 0.152. The molecule has 1 N–H and O–H groups in total. The lowest BCUT2D eigenvalue weighted by Crippen LogP contribution is -2.45. The quantitative estimate of drug-likeness (QED) is 0.802. The molecule has 0 aliphatic carbocycles. The highest BCUT2D eigenvalue weighted by molar-refractivity contribution is 5.18. The normalized spacial score (nSPS) is 17.6. The van der Waals surface area contributed by atoms with Crippen LogP contribution < -0.4 is 5.32 Å². The van der Waals surface area contributed by atoms with Gasteiger partial charge in [0.05, 0.1) is 0 Å². The maximum absolute atomic E-state index is 13.4. The summed E-state index contributed by atoms with van der Waals surface area (Å²) in [6.45, 7) is 6.76. The van der Waals surface area contributed by atoms with Crippen molar-refractivity contribution >= 4 is 0 Å². The van der Waals surface area contributed by atoms with E-state index in [0.29, 0.717) is 12.1 Å². The van der Waals surface area contributed by atoms with Gasteiger partial charge in [0.15, 0.2) is 0 Å². The van der Waals surface area contributed by atoms with Crippen molar-refractivity contribution in [2.75, 3.05) is 46.3 Å². The van der Waals surface area contributed by atoms with Crippen LogP contribution in [0.5, 0.6) is 0 Å². The number of nitrogens with one attached hydrogen (secondary N) is 1. The second kappa shape index (κ2) is 7.67. The molecule has 0 radical (unpaired) electrons. The first-order valence-electron chi connectivity index (χ1n) is 7.21. The predicted molar refractivity (Wildman–Crippen MR) is 76.6 cm³/mol. The highest BCUT2D eigenvalue weighted by Gasteiger charge is 2.12. The Bertz CT molecular complexity index is 418. The Morgan fingerprint density at radius 3 is 2.65 bits per heavy atom. The van der Waals surface area contributed by atoms with Crippen LogP contribution in [0.3, 0.4) is 0 Å². The molecule has 3 nitrogen and oxygen atoms in total. The molecule has 0 unspecified atom stereocenters. The number of hydrogen-bond donors (Lipinski definition) is 1. The number of benzene rings is 1. The Balaban J connectivity index is 1.61. The van der Waals surface area contributed by atoms with Gasteiger partial charge in [0.2, 0.25) is 0 Å². The van der Waals surface area contributed by atoms with Crippen LogP contribution in [0.15, 0.2) is 18.2 Å². The average molecular weight is 283 g/mol. The summed E-state index contributed by atoms with van der Waals surface area (Å²) in [5.74, 6) is -0.737. The van der Waals surface area contributed by atoms with E-state index in [2.05, 4.69) is 22.2 Å². The molecule has 0 amide bonds. The molecular weight excluding hydrogens is 260 g/mol. The molecule has 5 heteroatoms. The van der Waals surface area contributed by atoms with Gasteiger partial charge < -0.3 is 15.1 Å². The smallest absolute Gasteiger partial charge is 0.127 e. The highest BCUT2D eigenvalue weighted by atomic mass is 19.1. The molecule has 1 saturated heterocycles. The number of halogens is 2. The van der Waals surface area contributed by atoms with E-state index >= 15 is 0 Å². The monoisotopic (exact) mass is 283 g/mol. The number of piperazine rings is 1. The van der Waals surface area contributed by atoms with E-state index in [1.807, 2.05) is 0 Å². The van der Waals surface area contributed by atoms with E-state index in [9.17, 15) is 8.78 Å². The molecule has 0 aromatic heterocycles. The van der Waals surface area contributed by atoms with E-state index in [-0.39, 0.29) is 11.6 Å². The van der Waals surface area contributed by atoms with Gasteiger partial charge in [0.25, 0.3) is 0 Å². The third-order valence-corrected chi connectivity index (χ3v) is 3.75. The molecule has 1 aliphatic rings. The van der Waals surface area contributed by atoms with Gasteiger partial charge in [-0.3, -0.25) is 0 Å². The van der Waals surface area contributed by atoms with Crippen LogP contribution in [0.25, 0.3) is 0 Å². The fourth-order valence-electron chi connectivity index (χ4n) is 2.40. The van der Waals surface area contributed by atoms with Crippen LogP contribution in [0.4, 0.5) is 8.78 Å². The average Bonchev–Trinajstić information content (AvgIpc) is 2.44. The number of likely N-dealkylation sites (N-methyl/N-ethyl adjacent to an activating group) is 1. The minimum atomic E-state index is -0.388. The summed E-state index contributed by atoms with van der Waals surface area (Å²) in [5.41, 5.74) is 0.393. The Kier molecular flexibility index (Phi) is 5.88. The summed E-state index contributed by atoms with van der Waals surface area (Å²) in [4.78, 5) is 4.78. The van der Waals surface area contributed by atoms with Crippen LogP contribution in [0.2, 0.25) is 0 Å². The largest absolute Gasteiger partial charge is 0.313 e. The number of hydrogen-bond acceptors (Lipinski definition) is 3. The van der Waals surface area contributed by atoms with Crippen LogP contribution >= 0.6 is 0 Å². The molecule has 112 valence electrons. The summed E-state index contributed by atoms with van der Waals surface area (Å²) in [6, 6.07) is 3.57. The van der Waals surface area contributed by atoms with Gasteiger partial charge in [-0.2, -0.15) is 0 Å². The zero-order chi connectivity index (χ0) is 14.4. The third kappa shape index (κ3) is 4.81. The van der Waals surface area contributed by atoms with Gasteiger partial charge in [-0.05, 0) is 44.8 Å². The minimum absolute atomic E-state index is 0.349. The predicted octanol–water partition coefficient (Wildman–Crippen LogP) is 1.69. The summed E-state index contributed by atoms with van der Waals surface area (Å²) in [6.07, 6.45) is 1.03.